The summed E-state index contributed by atoms with van der Waals surface area (Å²) in [4.78, 5) is 0. The molecule has 0 spiro atoms. The Morgan fingerprint density at radius 3 is 2.40 bits per heavy atom. The second-order valence-corrected chi connectivity index (χ2v) is 4.47. The number of methoxy groups -OCH3 is 2. The van der Waals surface area contributed by atoms with E-state index in [0.29, 0.717) is 13.2 Å². The number of benzene rings is 2. The van der Waals surface area contributed by atoms with E-state index < -0.39 is 0 Å². The summed E-state index contributed by atoms with van der Waals surface area (Å²) >= 11 is 0. The van der Waals surface area contributed by atoms with Crippen LogP contribution >= 0.6 is 0 Å². The number of hydrogen-bond acceptors (Lipinski definition) is 3. The summed E-state index contributed by atoms with van der Waals surface area (Å²) in [6.07, 6.45) is 0.910. The minimum atomic E-state index is 0.521. The normalized spacial score (nSPS) is 10.3. The van der Waals surface area contributed by atoms with Gasteiger partial charge in [-0.15, -0.1) is 0 Å². The van der Waals surface area contributed by atoms with E-state index in [4.69, 9.17) is 14.2 Å². The average molecular weight is 272 g/mol. The lowest BCUT2D eigenvalue weighted by atomic mass is 10.2. The van der Waals surface area contributed by atoms with Gasteiger partial charge in [0.05, 0.1) is 27.4 Å². The zero-order chi connectivity index (χ0) is 14.2. The van der Waals surface area contributed by atoms with Crippen LogP contribution in [0.4, 0.5) is 0 Å². The van der Waals surface area contributed by atoms with Gasteiger partial charge < -0.3 is 14.2 Å². The van der Waals surface area contributed by atoms with Crippen molar-refractivity contribution < 1.29 is 14.2 Å². The average Bonchev–Trinajstić information content (AvgIpc) is 2.52. The van der Waals surface area contributed by atoms with Crippen LogP contribution in [0.3, 0.4) is 0 Å². The van der Waals surface area contributed by atoms with Crippen LogP contribution in [0.25, 0.3) is 0 Å². The smallest absolute Gasteiger partial charge is 0.124 e. The lowest BCUT2D eigenvalue weighted by Crippen LogP contribution is -2.01. The summed E-state index contributed by atoms with van der Waals surface area (Å²) in [5.41, 5.74) is 2.28. The van der Waals surface area contributed by atoms with Gasteiger partial charge in [0.2, 0.25) is 0 Å². The van der Waals surface area contributed by atoms with Gasteiger partial charge >= 0.3 is 0 Å². The molecule has 0 aliphatic rings. The minimum absolute atomic E-state index is 0.521. The highest BCUT2D eigenvalue weighted by Crippen LogP contribution is 2.24. The largest absolute Gasteiger partial charge is 0.497 e. The molecule has 0 fully saturated rings. The maximum Gasteiger partial charge on any atom is 0.124 e. The summed E-state index contributed by atoms with van der Waals surface area (Å²) in [5, 5.41) is 0. The molecule has 106 valence electrons. The maximum atomic E-state index is 5.73. The Kier molecular flexibility index (Phi) is 5.44. The van der Waals surface area contributed by atoms with Crippen LogP contribution in [0.5, 0.6) is 11.5 Å². The van der Waals surface area contributed by atoms with E-state index in [9.17, 15) is 0 Å². The van der Waals surface area contributed by atoms with Crippen molar-refractivity contribution in [3.05, 3.63) is 59.7 Å². The lowest BCUT2D eigenvalue weighted by molar-refractivity contribution is 0.121. The highest BCUT2D eigenvalue weighted by Gasteiger charge is 2.05. The van der Waals surface area contributed by atoms with Crippen molar-refractivity contribution in [2.24, 2.45) is 0 Å². The first-order chi connectivity index (χ1) is 9.83. The molecule has 0 N–H and O–H groups in total. The van der Waals surface area contributed by atoms with Gasteiger partial charge in [0.1, 0.15) is 11.5 Å². The monoisotopic (exact) mass is 272 g/mol. The van der Waals surface area contributed by atoms with E-state index in [2.05, 4.69) is 12.1 Å². The fraction of sp³-hybridized carbons (Fsp3) is 0.294. The summed E-state index contributed by atoms with van der Waals surface area (Å²) in [6, 6.07) is 16.0. The Hall–Kier alpha value is -2.00. The first-order valence-corrected chi connectivity index (χ1v) is 6.66. The van der Waals surface area contributed by atoms with Crippen molar-refractivity contribution in [3.8, 4) is 11.5 Å². The van der Waals surface area contributed by atoms with Gasteiger partial charge in [-0.05, 0) is 30.2 Å². The molecule has 0 radical (unpaired) electrons. The van der Waals surface area contributed by atoms with Crippen LogP contribution in [-0.4, -0.2) is 20.8 Å². The Morgan fingerprint density at radius 2 is 1.70 bits per heavy atom. The van der Waals surface area contributed by atoms with E-state index in [1.165, 1.54) is 5.56 Å². The topological polar surface area (TPSA) is 27.7 Å². The van der Waals surface area contributed by atoms with Gasteiger partial charge in [-0.25, -0.2) is 0 Å². The number of ether oxygens (including phenoxy) is 3. The third-order valence-corrected chi connectivity index (χ3v) is 3.12. The molecule has 0 atom stereocenters. The zero-order valence-electron chi connectivity index (χ0n) is 12.0. The van der Waals surface area contributed by atoms with Crippen LogP contribution in [0.15, 0.2) is 48.5 Å². The highest BCUT2D eigenvalue weighted by molar-refractivity contribution is 5.39. The standard InChI is InChI=1S/C17H20O3/c1-18-16-8-9-17(19-2)15(12-16)13-20-11-10-14-6-4-3-5-7-14/h3-9,12H,10-11,13H2,1-2H3. The second kappa shape index (κ2) is 7.56. The van der Waals surface area contributed by atoms with Crippen molar-refractivity contribution in [2.75, 3.05) is 20.8 Å². The Labute approximate surface area is 120 Å². The summed E-state index contributed by atoms with van der Waals surface area (Å²) in [6.45, 7) is 1.21. The molecule has 2 rings (SSSR count). The van der Waals surface area contributed by atoms with Gasteiger partial charge in [-0.3, -0.25) is 0 Å². The zero-order valence-corrected chi connectivity index (χ0v) is 12.0. The molecule has 2 aromatic carbocycles. The predicted molar refractivity (Wildman–Crippen MR) is 79.3 cm³/mol. The predicted octanol–water partition coefficient (Wildman–Crippen LogP) is 3.46. The van der Waals surface area contributed by atoms with Crippen molar-refractivity contribution >= 4 is 0 Å². The molecular weight excluding hydrogens is 252 g/mol. The van der Waals surface area contributed by atoms with Crippen LogP contribution in [0.2, 0.25) is 0 Å². The first-order valence-electron chi connectivity index (χ1n) is 6.66. The van der Waals surface area contributed by atoms with Gasteiger partial charge in [0.15, 0.2) is 0 Å². The molecule has 0 heterocycles. The molecule has 0 aromatic heterocycles. The molecule has 0 amide bonds. The van der Waals surface area contributed by atoms with Crippen molar-refractivity contribution in [3.63, 3.8) is 0 Å². The lowest BCUT2D eigenvalue weighted by Gasteiger charge is -2.11. The van der Waals surface area contributed by atoms with E-state index in [1.807, 2.05) is 36.4 Å². The third kappa shape index (κ3) is 4.00. The highest BCUT2D eigenvalue weighted by atomic mass is 16.5. The van der Waals surface area contributed by atoms with Crippen molar-refractivity contribution in [1.82, 2.24) is 0 Å². The van der Waals surface area contributed by atoms with Gasteiger partial charge in [0.25, 0.3) is 0 Å². The van der Waals surface area contributed by atoms with E-state index in [-0.39, 0.29) is 0 Å². The quantitative estimate of drug-likeness (QED) is 0.722. The van der Waals surface area contributed by atoms with Crippen LogP contribution in [-0.2, 0) is 17.8 Å². The SMILES string of the molecule is COc1ccc(OC)c(COCCc2ccccc2)c1. The third-order valence-electron chi connectivity index (χ3n) is 3.12. The Morgan fingerprint density at radius 1 is 0.900 bits per heavy atom. The van der Waals surface area contributed by atoms with Crippen LogP contribution in [0, 0.1) is 0 Å². The summed E-state index contributed by atoms with van der Waals surface area (Å²) in [5.74, 6) is 1.64. The Balaban J connectivity index is 1.87. The maximum absolute atomic E-state index is 5.73. The molecule has 20 heavy (non-hydrogen) atoms. The van der Waals surface area contributed by atoms with Crippen LogP contribution in [0.1, 0.15) is 11.1 Å². The fourth-order valence-electron chi connectivity index (χ4n) is 2.01. The molecule has 0 unspecified atom stereocenters. The van der Waals surface area contributed by atoms with E-state index >= 15 is 0 Å². The molecule has 0 saturated heterocycles. The van der Waals surface area contributed by atoms with Crippen molar-refractivity contribution in [2.45, 2.75) is 13.0 Å². The molecule has 3 heteroatoms. The Bertz CT molecular complexity index is 523. The van der Waals surface area contributed by atoms with Crippen molar-refractivity contribution in [1.29, 1.82) is 0 Å². The minimum Gasteiger partial charge on any atom is -0.497 e. The molecule has 2 aromatic rings. The molecular formula is C17H20O3. The molecule has 0 saturated carbocycles. The second-order valence-electron chi connectivity index (χ2n) is 4.47. The molecule has 0 bridgehead atoms. The number of hydrogen-bond donors (Lipinski definition) is 0. The first kappa shape index (κ1) is 14.4. The van der Waals surface area contributed by atoms with E-state index in [1.54, 1.807) is 14.2 Å². The van der Waals surface area contributed by atoms with Gasteiger partial charge in [0, 0.05) is 5.56 Å². The molecule has 3 nitrogen and oxygen atoms in total. The fourth-order valence-corrected chi connectivity index (χ4v) is 2.01. The molecule has 0 aliphatic heterocycles. The number of rotatable bonds is 7. The molecule has 0 aliphatic carbocycles. The summed E-state index contributed by atoms with van der Waals surface area (Å²) < 4.78 is 16.3. The van der Waals surface area contributed by atoms with Crippen LogP contribution < -0.4 is 9.47 Å². The van der Waals surface area contributed by atoms with Gasteiger partial charge in [-0.1, -0.05) is 30.3 Å². The van der Waals surface area contributed by atoms with Gasteiger partial charge in [-0.2, -0.15) is 0 Å². The van der Waals surface area contributed by atoms with E-state index in [0.717, 1.165) is 23.5 Å². The summed E-state index contributed by atoms with van der Waals surface area (Å²) in [7, 11) is 3.32.